The molecule has 0 radical (unpaired) electrons. The molecule has 0 bridgehead atoms. The maximum Gasteiger partial charge on any atom is 0.232 e. The Labute approximate surface area is 106 Å². The van der Waals surface area contributed by atoms with Crippen molar-refractivity contribution in [2.45, 2.75) is 31.7 Å². The smallest absolute Gasteiger partial charge is 0.232 e. The molecule has 0 unspecified atom stereocenters. The van der Waals surface area contributed by atoms with E-state index in [1.807, 2.05) is 4.90 Å². The van der Waals surface area contributed by atoms with Gasteiger partial charge in [0.15, 0.2) is 0 Å². The summed E-state index contributed by atoms with van der Waals surface area (Å²) in [6.07, 6.45) is 4.55. The molecule has 0 saturated carbocycles. The lowest BCUT2D eigenvalue weighted by Crippen LogP contribution is -2.69. The zero-order chi connectivity index (χ0) is 12.7. The number of carbonyl (C=O) groups excluding carboxylic acids is 2. The molecule has 0 aromatic carbocycles. The Kier molecular flexibility index (Phi) is 6.36. The van der Waals surface area contributed by atoms with Crippen molar-refractivity contribution in [1.29, 1.82) is 0 Å². The second-order valence-electron chi connectivity index (χ2n) is 4.33. The van der Waals surface area contributed by atoms with Crippen molar-refractivity contribution in [1.82, 2.24) is 4.90 Å². The molecule has 1 atom stereocenters. The molecule has 1 heterocycles. The number of carboxylic acid groups (broad SMARTS) is 1. The van der Waals surface area contributed by atoms with Crippen molar-refractivity contribution < 1.29 is 20.4 Å². The van der Waals surface area contributed by atoms with E-state index in [1.165, 1.54) is 24.6 Å². The van der Waals surface area contributed by atoms with Gasteiger partial charge in [-0.15, -0.1) is 11.8 Å². The molecule has 0 spiro atoms. The summed E-state index contributed by atoms with van der Waals surface area (Å²) in [4.78, 5) is 24.1. The highest BCUT2D eigenvalue weighted by Crippen LogP contribution is 2.11. The van der Waals surface area contributed by atoms with Crippen LogP contribution < -0.4 is 10.8 Å². The van der Waals surface area contributed by atoms with E-state index in [0.29, 0.717) is 11.5 Å². The van der Waals surface area contributed by atoms with Crippen molar-refractivity contribution in [2.75, 3.05) is 24.6 Å². The van der Waals surface area contributed by atoms with E-state index in [2.05, 4.69) is 5.73 Å². The first-order valence-electron chi connectivity index (χ1n) is 6.00. The zero-order valence-corrected chi connectivity index (χ0v) is 10.8. The largest absolute Gasteiger partial charge is 0.544 e. The molecule has 1 saturated heterocycles. The topological polar surface area (TPSA) is 88.1 Å². The van der Waals surface area contributed by atoms with E-state index in [1.54, 1.807) is 0 Å². The molecule has 6 heteroatoms. The third kappa shape index (κ3) is 5.41. The van der Waals surface area contributed by atoms with Crippen LogP contribution in [-0.2, 0) is 9.59 Å². The van der Waals surface area contributed by atoms with Crippen LogP contribution in [0, 0.1) is 0 Å². The second-order valence-corrected chi connectivity index (χ2v) is 5.36. The number of hydrogen-bond donors (Lipinski definition) is 1. The summed E-state index contributed by atoms with van der Waals surface area (Å²) in [5, 5.41) is 10.4. The fourth-order valence-electron chi connectivity index (χ4n) is 1.77. The van der Waals surface area contributed by atoms with Gasteiger partial charge in [-0.3, -0.25) is 4.79 Å². The SMILES string of the molecule is [NH3+][C@@H](CSCC(=O)N1CCCCCC1)C(=O)[O-]. The van der Waals surface area contributed by atoms with Gasteiger partial charge in [0, 0.05) is 13.1 Å². The number of thioether (sulfide) groups is 1. The van der Waals surface area contributed by atoms with E-state index >= 15 is 0 Å². The van der Waals surface area contributed by atoms with Crippen LogP contribution in [0.25, 0.3) is 0 Å². The average Bonchev–Trinajstić information content (AvgIpc) is 2.57. The third-order valence-electron chi connectivity index (χ3n) is 2.84. The van der Waals surface area contributed by atoms with Gasteiger partial charge in [0.2, 0.25) is 5.91 Å². The highest BCUT2D eigenvalue weighted by molar-refractivity contribution is 8.00. The number of rotatable bonds is 5. The second kappa shape index (κ2) is 7.55. The number of carbonyl (C=O) groups is 2. The van der Waals surface area contributed by atoms with E-state index in [9.17, 15) is 14.7 Å². The van der Waals surface area contributed by atoms with Crippen molar-refractivity contribution in [2.24, 2.45) is 0 Å². The number of hydrogen-bond acceptors (Lipinski definition) is 4. The number of aliphatic carboxylic acids is 1. The fourth-order valence-corrected chi connectivity index (χ4v) is 2.66. The quantitative estimate of drug-likeness (QED) is 0.650. The fraction of sp³-hybridized carbons (Fsp3) is 0.818. The molecule has 1 aliphatic rings. The Balaban J connectivity index is 2.21. The van der Waals surface area contributed by atoms with E-state index in [4.69, 9.17) is 0 Å². The van der Waals surface area contributed by atoms with Crippen molar-refractivity contribution in [3.05, 3.63) is 0 Å². The molecule has 0 aromatic heterocycles. The monoisotopic (exact) mass is 260 g/mol. The van der Waals surface area contributed by atoms with Gasteiger partial charge >= 0.3 is 0 Å². The Morgan fingerprint density at radius 1 is 1.24 bits per heavy atom. The lowest BCUT2D eigenvalue weighted by atomic mass is 10.2. The first-order chi connectivity index (χ1) is 8.11. The molecule has 5 nitrogen and oxygen atoms in total. The average molecular weight is 260 g/mol. The van der Waals surface area contributed by atoms with E-state index in [0.717, 1.165) is 25.9 Å². The van der Waals surface area contributed by atoms with Gasteiger partial charge < -0.3 is 20.5 Å². The summed E-state index contributed by atoms with van der Waals surface area (Å²) in [7, 11) is 0. The van der Waals surface area contributed by atoms with E-state index in [-0.39, 0.29) is 5.91 Å². The molecule has 17 heavy (non-hydrogen) atoms. The molecule has 98 valence electrons. The normalized spacial score (nSPS) is 18.5. The first kappa shape index (κ1) is 14.3. The predicted molar refractivity (Wildman–Crippen MR) is 64.1 cm³/mol. The summed E-state index contributed by atoms with van der Waals surface area (Å²) in [6, 6.07) is -0.739. The maximum atomic E-state index is 11.8. The molecule has 0 aromatic rings. The summed E-state index contributed by atoms with van der Waals surface area (Å²) in [5.74, 6) is -0.358. The lowest BCUT2D eigenvalue weighted by Gasteiger charge is -2.20. The van der Waals surface area contributed by atoms with Gasteiger partial charge in [0.1, 0.15) is 6.04 Å². The number of likely N-dealkylation sites (tertiary alicyclic amines) is 1. The molecule has 0 aliphatic carbocycles. The van der Waals surface area contributed by atoms with Crippen molar-refractivity contribution >= 4 is 23.6 Å². The molecule has 1 amide bonds. The maximum absolute atomic E-state index is 11.8. The van der Waals surface area contributed by atoms with Gasteiger partial charge in [0.05, 0.1) is 17.5 Å². The number of amides is 1. The van der Waals surface area contributed by atoms with Crippen LogP contribution in [0.15, 0.2) is 0 Å². The standard InChI is InChI=1S/C11H20N2O3S/c12-9(11(15)16)7-17-8-10(14)13-5-3-1-2-4-6-13/h9H,1-8,12H2,(H,15,16)/t9-/m0/s1. The van der Waals surface area contributed by atoms with Crippen molar-refractivity contribution in [3.63, 3.8) is 0 Å². The van der Waals surface area contributed by atoms with Gasteiger partial charge in [0.25, 0.3) is 0 Å². The number of nitrogens with zero attached hydrogens (tertiary/aromatic N) is 1. The summed E-state index contributed by atoms with van der Waals surface area (Å²) in [5.41, 5.74) is 3.45. The highest BCUT2D eigenvalue weighted by atomic mass is 32.2. The lowest BCUT2D eigenvalue weighted by molar-refractivity contribution is -0.431. The predicted octanol–water partition coefficient (Wildman–Crippen LogP) is -1.52. The third-order valence-corrected chi connectivity index (χ3v) is 3.93. The van der Waals surface area contributed by atoms with Crippen molar-refractivity contribution in [3.8, 4) is 0 Å². The van der Waals surface area contributed by atoms with Gasteiger partial charge in [-0.25, -0.2) is 0 Å². The molecule has 3 N–H and O–H groups in total. The molecule has 1 aliphatic heterocycles. The first-order valence-corrected chi connectivity index (χ1v) is 7.16. The van der Waals surface area contributed by atoms with Crippen LogP contribution in [0.1, 0.15) is 25.7 Å². The van der Waals surface area contributed by atoms with Gasteiger partial charge in [-0.05, 0) is 12.8 Å². The van der Waals surface area contributed by atoms with Crippen LogP contribution in [0.4, 0.5) is 0 Å². The summed E-state index contributed by atoms with van der Waals surface area (Å²) >= 11 is 1.32. The molecule has 1 fully saturated rings. The molecular formula is C11H20N2O3S. The molecular weight excluding hydrogens is 240 g/mol. The molecule has 1 rings (SSSR count). The van der Waals surface area contributed by atoms with Gasteiger partial charge in [-0.2, -0.15) is 0 Å². The number of carboxylic acids is 1. The summed E-state index contributed by atoms with van der Waals surface area (Å²) < 4.78 is 0. The highest BCUT2D eigenvalue weighted by Gasteiger charge is 2.16. The van der Waals surface area contributed by atoms with Crippen LogP contribution in [-0.4, -0.2) is 47.4 Å². The van der Waals surface area contributed by atoms with Crippen LogP contribution in [0.2, 0.25) is 0 Å². The van der Waals surface area contributed by atoms with Crippen LogP contribution in [0.5, 0.6) is 0 Å². The summed E-state index contributed by atoms with van der Waals surface area (Å²) in [6.45, 7) is 1.68. The van der Waals surface area contributed by atoms with Crippen LogP contribution >= 0.6 is 11.8 Å². The minimum absolute atomic E-state index is 0.113. The zero-order valence-electron chi connectivity index (χ0n) is 10.0. The Morgan fingerprint density at radius 2 is 1.82 bits per heavy atom. The van der Waals surface area contributed by atoms with E-state index < -0.39 is 12.0 Å². The van der Waals surface area contributed by atoms with Crippen LogP contribution in [0.3, 0.4) is 0 Å². The Bertz CT molecular complexity index is 265. The minimum atomic E-state index is -1.15. The Hall–Kier alpha value is -0.750. The van der Waals surface area contributed by atoms with Gasteiger partial charge in [-0.1, -0.05) is 12.8 Å². The minimum Gasteiger partial charge on any atom is -0.544 e. The Morgan fingerprint density at radius 3 is 2.35 bits per heavy atom. The number of quaternary nitrogens is 1.